The van der Waals surface area contributed by atoms with E-state index in [0.717, 1.165) is 16.0 Å². The lowest BCUT2D eigenvalue weighted by atomic mass is 10.0. The van der Waals surface area contributed by atoms with Gasteiger partial charge in [0.25, 0.3) is 0 Å². The Morgan fingerprint density at radius 3 is 2.43 bits per heavy atom. The number of rotatable bonds is 9. The third-order valence-electron chi connectivity index (χ3n) is 7.05. The van der Waals surface area contributed by atoms with Gasteiger partial charge in [-0.1, -0.05) is 35.9 Å². The van der Waals surface area contributed by atoms with Gasteiger partial charge in [-0.25, -0.2) is 9.18 Å². The summed E-state index contributed by atoms with van der Waals surface area (Å²) in [5.74, 6) is -3.68. The molecule has 6 N–H and O–H groups in total. The van der Waals surface area contributed by atoms with Gasteiger partial charge in [0.05, 0.1) is 38.4 Å². The van der Waals surface area contributed by atoms with Crippen LogP contribution < -0.4 is 16.4 Å². The number of carboxylic acid groups (broad SMARTS) is 1. The Morgan fingerprint density at radius 1 is 1.16 bits per heavy atom. The highest BCUT2D eigenvalue weighted by atomic mass is 32.1. The quantitative estimate of drug-likeness (QED) is 0.136. The maximum atomic E-state index is 13.5. The third-order valence-corrected chi connectivity index (χ3v) is 7.99. The zero-order valence-corrected chi connectivity index (χ0v) is 24.6. The molecule has 232 valence electrons. The molecule has 1 spiro atoms. The van der Waals surface area contributed by atoms with E-state index in [0.29, 0.717) is 30.8 Å². The van der Waals surface area contributed by atoms with E-state index in [1.165, 1.54) is 28.4 Å². The van der Waals surface area contributed by atoms with E-state index in [1.54, 1.807) is 17.5 Å². The molecule has 3 aromatic rings. The van der Waals surface area contributed by atoms with Crippen molar-refractivity contribution >= 4 is 41.4 Å². The average Bonchev–Trinajstić information content (AvgIpc) is 3.76. The highest BCUT2D eigenvalue weighted by molar-refractivity contribution is 7.10. The zero-order valence-electron chi connectivity index (χ0n) is 23.8. The van der Waals surface area contributed by atoms with Crippen molar-refractivity contribution in [2.24, 2.45) is 5.73 Å². The lowest BCUT2D eigenvalue weighted by molar-refractivity contribution is -0.152. The molecule has 1 unspecified atom stereocenters. The van der Waals surface area contributed by atoms with Gasteiger partial charge < -0.3 is 35.8 Å². The van der Waals surface area contributed by atoms with Crippen LogP contribution in [0.5, 0.6) is 0 Å². The molecule has 0 bridgehead atoms. The molecule has 3 heterocycles. The molecule has 3 amide bonds. The smallest absolute Gasteiger partial charge is 0.338 e. The third kappa shape index (κ3) is 7.83. The minimum atomic E-state index is -1.25. The van der Waals surface area contributed by atoms with Gasteiger partial charge in [-0.2, -0.15) is 0 Å². The van der Waals surface area contributed by atoms with Crippen molar-refractivity contribution in [2.75, 3.05) is 26.3 Å². The van der Waals surface area contributed by atoms with E-state index in [4.69, 9.17) is 25.7 Å². The van der Waals surface area contributed by atoms with Crippen LogP contribution in [0.2, 0.25) is 0 Å². The second-order valence-electron chi connectivity index (χ2n) is 10.1. The number of carbonyl (C=O) groups excluding carboxylic acids is 3. The molecule has 2 aliphatic rings. The summed E-state index contributed by atoms with van der Waals surface area (Å²) in [5, 5.41) is 23.0. The molecule has 14 heteroatoms. The second kappa shape index (κ2) is 14.2. The van der Waals surface area contributed by atoms with E-state index in [2.05, 4.69) is 10.6 Å². The number of benzene rings is 2. The van der Waals surface area contributed by atoms with Gasteiger partial charge in [-0.15, -0.1) is 11.3 Å². The van der Waals surface area contributed by atoms with Crippen LogP contribution >= 0.6 is 11.3 Å². The Morgan fingerprint density at radius 2 is 1.84 bits per heavy atom. The first-order valence-electron chi connectivity index (χ1n) is 13.6. The number of halogens is 1. The minimum absolute atomic E-state index is 0.0310. The molecule has 1 aromatic heterocycles. The fourth-order valence-electron chi connectivity index (χ4n) is 4.79. The average molecular weight is 626 g/mol. The summed E-state index contributed by atoms with van der Waals surface area (Å²) in [6, 6.07) is 12.7. The fourth-order valence-corrected chi connectivity index (χ4v) is 5.62. The number of ether oxygens (including phenoxy) is 2. The maximum Gasteiger partial charge on any atom is 0.338 e. The first kappa shape index (κ1) is 32.3. The molecule has 44 heavy (non-hydrogen) atoms. The summed E-state index contributed by atoms with van der Waals surface area (Å²) in [7, 11) is 0. The number of aromatic carboxylic acids is 1. The number of carbonyl (C=O) groups is 4. The lowest BCUT2D eigenvalue weighted by Gasteiger charge is -2.23. The molecular formula is C30H32FN5O7S. The summed E-state index contributed by atoms with van der Waals surface area (Å²) in [5.41, 5.74) is 8.40. The fraction of sp³-hybridized carbons (Fsp3) is 0.300. The van der Waals surface area contributed by atoms with Crippen LogP contribution in [-0.2, 0) is 30.4 Å². The number of amidine groups is 1. The maximum absolute atomic E-state index is 13.5. The van der Waals surface area contributed by atoms with E-state index < -0.39 is 23.6 Å². The molecule has 2 fully saturated rings. The normalized spacial score (nSPS) is 16.6. The van der Waals surface area contributed by atoms with Crippen molar-refractivity contribution in [2.45, 2.75) is 31.7 Å². The van der Waals surface area contributed by atoms with Gasteiger partial charge in [-0.3, -0.25) is 19.8 Å². The molecule has 1 atom stereocenters. The number of carboxylic acids is 1. The van der Waals surface area contributed by atoms with Crippen molar-refractivity contribution in [1.82, 2.24) is 15.5 Å². The Balaban J connectivity index is 0.000000223. The summed E-state index contributed by atoms with van der Waals surface area (Å²) >= 11 is 1.39. The largest absolute Gasteiger partial charge is 0.478 e. The number of nitrogens with one attached hydrogen (secondary N) is 3. The molecule has 0 radical (unpaired) electrons. The Kier molecular flexibility index (Phi) is 10.4. The predicted octanol–water partition coefficient (Wildman–Crippen LogP) is 2.24. The Hall–Kier alpha value is -4.66. The van der Waals surface area contributed by atoms with Gasteiger partial charge in [0.2, 0.25) is 18.2 Å². The molecule has 5 rings (SSSR count). The van der Waals surface area contributed by atoms with Crippen LogP contribution in [0.3, 0.4) is 0 Å². The number of hydrogen-bond acceptors (Lipinski definition) is 8. The number of aryl methyl sites for hydroxylation is 1. The number of nitrogens with zero attached hydrogens (tertiary/aromatic N) is 1. The lowest BCUT2D eigenvalue weighted by Crippen LogP contribution is -2.48. The molecule has 2 aliphatic heterocycles. The molecule has 0 aliphatic carbocycles. The Labute approximate surface area is 256 Å². The number of nitrogens with two attached hydrogens (primary N) is 1. The van der Waals surface area contributed by atoms with E-state index in [1.807, 2.05) is 31.2 Å². The van der Waals surface area contributed by atoms with Crippen molar-refractivity contribution < 1.29 is 38.1 Å². The molecule has 0 saturated carbocycles. The molecular weight excluding hydrogens is 593 g/mol. The van der Waals surface area contributed by atoms with E-state index in [-0.39, 0.29) is 49.3 Å². The first-order chi connectivity index (χ1) is 21.0. The Bertz CT molecular complexity index is 1540. The SMILES string of the molecule is Cc1ccc(-c2ccc(C(=O)O)c(F)c2)cc1.N=C(N)c1csc(CNC(=O)C2CC3(CN2C(=O)CNC=O)OCCO3)c1. The van der Waals surface area contributed by atoms with Crippen LogP contribution in [0, 0.1) is 18.2 Å². The second-order valence-corrected chi connectivity index (χ2v) is 11.1. The molecule has 2 saturated heterocycles. The number of nitrogen functional groups attached to an aromatic ring is 1. The number of amides is 3. The standard InChI is InChI=1S/C16H21N5O5S.C14H11FO2/c17-14(18)10-3-11(27-7-10)5-20-15(24)12-4-16(25-1-2-26-16)8-21(12)13(23)6-19-9-22;1-9-2-4-10(5-3-9)11-6-7-12(14(16)17)13(15)8-11/h3,7,9,12H,1-2,4-6,8H2,(H3,17,18)(H,19,22)(H,20,24);2-8H,1H3,(H,16,17). The van der Waals surface area contributed by atoms with Crippen molar-refractivity contribution in [3.05, 3.63) is 81.3 Å². The molecule has 12 nitrogen and oxygen atoms in total. The van der Waals surface area contributed by atoms with Crippen LogP contribution in [-0.4, -0.2) is 78.2 Å². The number of likely N-dealkylation sites (tertiary alicyclic amines) is 1. The van der Waals surface area contributed by atoms with E-state index in [9.17, 15) is 23.6 Å². The summed E-state index contributed by atoms with van der Waals surface area (Å²) in [6.45, 7) is 2.99. The highest BCUT2D eigenvalue weighted by Gasteiger charge is 2.52. The topological polar surface area (TPSA) is 184 Å². The van der Waals surface area contributed by atoms with Crippen molar-refractivity contribution in [3.8, 4) is 11.1 Å². The summed E-state index contributed by atoms with van der Waals surface area (Å²) in [6.07, 6.45) is 0.666. The monoisotopic (exact) mass is 625 g/mol. The zero-order chi connectivity index (χ0) is 31.9. The molecule has 2 aromatic carbocycles. The van der Waals surface area contributed by atoms with E-state index >= 15 is 0 Å². The predicted molar refractivity (Wildman–Crippen MR) is 160 cm³/mol. The van der Waals surface area contributed by atoms with Gasteiger partial charge in [-0.05, 0) is 36.2 Å². The van der Waals surface area contributed by atoms with Crippen LogP contribution in [0.1, 0.15) is 32.8 Å². The van der Waals surface area contributed by atoms with Gasteiger partial charge >= 0.3 is 5.97 Å². The summed E-state index contributed by atoms with van der Waals surface area (Å²) in [4.78, 5) is 48.5. The highest BCUT2D eigenvalue weighted by Crippen LogP contribution is 2.35. The van der Waals surface area contributed by atoms with Crippen molar-refractivity contribution in [3.63, 3.8) is 0 Å². The first-order valence-corrected chi connectivity index (χ1v) is 14.4. The van der Waals surface area contributed by atoms with Crippen LogP contribution in [0.15, 0.2) is 53.9 Å². The van der Waals surface area contributed by atoms with Gasteiger partial charge in [0, 0.05) is 22.2 Å². The van der Waals surface area contributed by atoms with Gasteiger partial charge in [0.15, 0.2) is 5.79 Å². The van der Waals surface area contributed by atoms with Crippen LogP contribution in [0.4, 0.5) is 4.39 Å². The minimum Gasteiger partial charge on any atom is -0.478 e. The number of hydrogen-bond donors (Lipinski definition) is 5. The van der Waals surface area contributed by atoms with Crippen molar-refractivity contribution in [1.29, 1.82) is 5.41 Å². The summed E-state index contributed by atoms with van der Waals surface area (Å²) < 4.78 is 24.8. The van der Waals surface area contributed by atoms with Gasteiger partial charge in [0.1, 0.15) is 17.7 Å². The number of thiophene rings is 1. The van der Waals surface area contributed by atoms with Crippen LogP contribution in [0.25, 0.3) is 11.1 Å².